The topological polar surface area (TPSA) is 59.4 Å². The van der Waals surface area contributed by atoms with Gasteiger partial charge in [-0.25, -0.2) is 0 Å². The Morgan fingerprint density at radius 1 is 1.16 bits per heavy atom. The highest BCUT2D eigenvalue weighted by atomic mass is 32.1. The van der Waals surface area contributed by atoms with E-state index in [2.05, 4.69) is 52.0 Å². The molecule has 2 aliphatic rings. The molecule has 156 valence electrons. The van der Waals surface area contributed by atoms with Gasteiger partial charge in [0.1, 0.15) is 0 Å². The lowest BCUT2D eigenvalue weighted by atomic mass is 9.82. The average Bonchev–Trinajstić information content (AvgIpc) is 3.44. The van der Waals surface area contributed by atoms with Crippen LogP contribution in [-0.4, -0.2) is 42.5 Å². The molecule has 2 atom stereocenters. The first kappa shape index (κ1) is 20.0. The summed E-state index contributed by atoms with van der Waals surface area (Å²) in [4.78, 5) is 18.5. The van der Waals surface area contributed by atoms with Crippen molar-refractivity contribution in [3.63, 3.8) is 0 Å². The quantitative estimate of drug-likeness (QED) is 0.689. The molecule has 5 rings (SSSR count). The number of carbonyl (C=O) groups excluding carboxylic acids is 1. The first-order chi connectivity index (χ1) is 15.1. The van der Waals surface area contributed by atoms with Crippen LogP contribution in [0.15, 0.2) is 66.0 Å². The maximum absolute atomic E-state index is 13.2. The molecular formula is C25H24N4OS. The van der Waals surface area contributed by atoms with Crippen LogP contribution in [0.2, 0.25) is 0 Å². The number of fused-ring (bicyclic) bond motifs is 1. The van der Waals surface area contributed by atoms with Crippen molar-refractivity contribution in [2.45, 2.75) is 12.1 Å². The number of amides is 1. The smallest absolute Gasteiger partial charge is 0.230 e. The van der Waals surface area contributed by atoms with Gasteiger partial charge in [0.05, 0.1) is 29.8 Å². The Hall–Kier alpha value is -2.98. The van der Waals surface area contributed by atoms with Crippen molar-refractivity contribution in [2.75, 3.05) is 26.8 Å². The van der Waals surface area contributed by atoms with Gasteiger partial charge in [0, 0.05) is 31.6 Å². The summed E-state index contributed by atoms with van der Waals surface area (Å²) < 4.78 is 0. The summed E-state index contributed by atoms with van der Waals surface area (Å²) in [7, 11) is 1.87. The number of hydrogen-bond acceptors (Lipinski definition) is 5. The molecule has 2 aliphatic heterocycles. The molecule has 3 aromatic rings. The van der Waals surface area contributed by atoms with Gasteiger partial charge in [-0.15, -0.1) is 11.3 Å². The van der Waals surface area contributed by atoms with E-state index >= 15 is 0 Å². The van der Waals surface area contributed by atoms with E-state index in [9.17, 15) is 10.1 Å². The summed E-state index contributed by atoms with van der Waals surface area (Å²) in [6.45, 7) is 2.92. The van der Waals surface area contributed by atoms with Gasteiger partial charge in [-0.05, 0) is 40.3 Å². The third-order valence-corrected chi connectivity index (χ3v) is 7.54. The normalized spacial score (nSPS) is 23.5. The molecular weight excluding hydrogens is 404 g/mol. The van der Waals surface area contributed by atoms with Gasteiger partial charge >= 0.3 is 0 Å². The Balaban J connectivity index is 1.49. The minimum absolute atomic E-state index is 0.119. The van der Waals surface area contributed by atoms with Crippen molar-refractivity contribution >= 4 is 17.2 Å². The van der Waals surface area contributed by atoms with Gasteiger partial charge in [-0.2, -0.15) is 5.26 Å². The van der Waals surface area contributed by atoms with E-state index in [1.165, 1.54) is 10.4 Å². The van der Waals surface area contributed by atoms with Crippen LogP contribution in [-0.2, 0) is 16.9 Å². The standard InChI is InChI=1S/C25H24N4OS/c1-28-17-27-25(23-11-21(15-31-23)20-9-5-8-19(10-20)12-26)16-29(14-22(25)24(28)30)13-18-6-3-2-4-7-18/h2-11,15,22,27H,13-14,16-17H2,1H3. The Bertz CT molecular complexity index is 1150. The first-order valence-corrected chi connectivity index (χ1v) is 11.3. The minimum atomic E-state index is -0.381. The molecule has 5 nitrogen and oxygen atoms in total. The number of benzene rings is 2. The fourth-order valence-electron chi connectivity index (χ4n) is 4.80. The summed E-state index contributed by atoms with van der Waals surface area (Å²) in [6.07, 6.45) is 0. The number of nitrogens with one attached hydrogen (secondary N) is 1. The number of thiophene rings is 1. The molecule has 6 heteroatoms. The van der Waals surface area contributed by atoms with Crippen LogP contribution < -0.4 is 5.32 Å². The highest BCUT2D eigenvalue weighted by Gasteiger charge is 2.54. The second-order valence-corrected chi connectivity index (χ2v) is 9.35. The van der Waals surface area contributed by atoms with Gasteiger partial charge in [-0.1, -0.05) is 42.5 Å². The Labute approximate surface area is 186 Å². The molecule has 1 N–H and O–H groups in total. The molecule has 2 saturated heterocycles. The van der Waals surface area contributed by atoms with E-state index in [0.717, 1.165) is 30.8 Å². The van der Waals surface area contributed by atoms with Gasteiger partial charge in [0.2, 0.25) is 5.91 Å². The van der Waals surface area contributed by atoms with E-state index in [1.807, 2.05) is 37.4 Å². The summed E-state index contributed by atoms with van der Waals surface area (Å²) >= 11 is 1.70. The molecule has 2 unspecified atom stereocenters. The van der Waals surface area contributed by atoms with E-state index in [1.54, 1.807) is 16.2 Å². The number of nitriles is 1. The van der Waals surface area contributed by atoms with Crippen molar-refractivity contribution in [1.82, 2.24) is 15.1 Å². The Kier molecular flexibility index (Phi) is 5.11. The van der Waals surface area contributed by atoms with Gasteiger partial charge < -0.3 is 4.90 Å². The van der Waals surface area contributed by atoms with Crippen molar-refractivity contribution in [2.24, 2.45) is 5.92 Å². The minimum Gasteiger partial charge on any atom is -0.333 e. The number of nitrogens with zero attached hydrogens (tertiary/aromatic N) is 3. The Morgan fingerprint density at radius 2 is 2.00 bits per heavy atom. The van der Waals surface area contributed by atoms with Crippen LogP contribution in [0.4, 0.5) is 0 Å². The monoisotopic (exact) mass is 428 g/mol. The molecule has 2 aromatic carbocycles. The number of hydrogen-bond donors (Lipinski definition) is 1. The maximum Gasteiger partial charge on any atom is 0.230 e. The number of likely N-dealkylation sites (tertiary alicyclic amines) is 1. The van der Waals surface area contributed by atoms with Crippen molar-refractivity contribution < 1.29 is 4.79 Å². The molecule has 31 heavy (non-hydrogen) atoms. The molecule has 1 aromatic heterocycles. The average molecular weight is 429 g/mol. The predicted octanol–water partition coefficient (Wildman–Crippen LogP) is 3.63. The van der Waals surface area contributed by atoms with Crippen LogP contribution >= 0.6 is 11.3 Å². The Morgan fingerprint density at radius 3 is 2.81 bits per heavy atom. The van der Waals surface area contributed by atoms with Crippen LogP contribution in [0.1, 0.15) is 16.0 Å². The van der Waals surface area contributed by atoms with Crippen molar-refractivity contribution in [3.8, 4) is 17.2 Å². The molecule has 0 spiro atoms. The van der Waals surface area contributed by atoms with Crippen LogP contribution in [0.5, 0.6) is 0 Å². The first-order valence-electron chi connectivity index (χ1n) is 10.4. The van der Waals surface area contributed by atoms with E-state index < -0.39 is 0 Å². The van der Waals surface area contributed by atoms with Gasteiger partial charge in [0.25, 0.3) is 0 Å². The van der Waals surface area contributed by atoms with E-state index in [4.69, 9.17) is 0 Å². The lowest BCUT2D eigenvalue weighted by Crippen LogP contribution is -2.61. The van der Waals surface area contributed by atoms with Gasteiger partial charge in [-0.3, -0.25) is 15.0 Å². The number of rotatable bonds is 4. The second-order valence-electron chi connectivity index (χ2n) is 8.44. The summed E-state index contributed by atoms with van der Waals surface area (Å²) in [5.41, 5.74) is 3.67. The lowest BCUT2D eigenvalue weighted by Gasteiger charge is -2.42. The zero-order valence-corrected chi connectivity index (χ0v) is 18.2. The molecule has 0 radical (unpaired) electrons. The fourth-order valence-corrected chi connectivity index (χ4v) is 5.94. The fraction of sp³-hybridized carbons (Fsp3) is 0.280. The SMILES string of the molecule is CN1CNC2(c3cc(-c4cccc(C#N)c4)cs3)CN(Cc3ccccc3)CC2C1=O. The zero-order chi connectivity index (χ0) is 21.4. The number of carbonyl (C=O) groups is 1. The molecule has 3 heterocycles. The third-order valence-electron chi connectivity index (χ3n) is 6.43. The van der Waals surface area contributed by atoms with Gasteiger partial charge in [0.15, 0.2) is 0 Å². The van der Waals surface area contributed by atoms with E-state index in [-0.39, 0.29) is 17.4 Å². The second kappa shape index (κ2) is 7.93. The molecule has 0 saturated carbocycles. The highest BCUT2D eigenvalue weighted by molar-refractivity contribution is 7.10. The maximum atomic E-state index is 13.2. The van der Waals surface area contributed by atoms with E-state index in [0.29, 0.717) is 12.2 Å². The molecule has 2 fully saturated rings. The zero-order valence-electron chi connectivity index (χ0n) is 17.4. The van der Waals surface area contributed by atoms with Crippen molar-refractivity contribution in [1.29, 1.82) is 5.26 Å². The molecule has 1 amide bonds. The molecule has 0 aliphatic carbocycles. The van der Waals surface area contributed by atoms with Crippen molar-refractivity contribution in [3.05, 3.63) is 82.0 Å². The summed E-state index contributed by atoms with van der Waals surface area (Å²) in [6, 6.07) is 22.5. The highest BCUT2D eigenvalue weighted by Crippen LogP contribution is 2.44. The lowest BCUT2D eigenvalue weighted by molar-refractivity contribution is -0.140. The summed E-state index contributed by atoms with van der Waals surface area (Å²) in [5, 5.41) is 15.1. The predicted molar refractivity (Wildman–Crippen MR) is 122 cm³/mol. The third kappa shape index (κ3) is 3.55. The summed E-state index contributed by atoms with van der Waals surface area (Å²) in [5.74, 6) is 0.0858. The molecule has 0 bridgehead atoms. The van der Waals surface area contributed by atoms with Crippen LogP contribution in [0.25, 0.3) is 11.1 Å². The largest absolute Gasteiger partial charge is 0.333 e. The van der Waals surface area contributed by atoms with Crippen LogP contribution in [0, 0.1) is 17.2 Å². The van der Waals surface area contributed by atoms with Crippen LogP contribution in [0.3, 0.4) is 0 Å².